The van der Waals surface area contributed by atoms with E-state index < -0.39 is 0 Å². The van der Waals surface area contributed by atoms with Crippen LogP contribution in [0.3, 0.4) is 0 Å². The number of piperidine rings is 1. The molecule has 1 fully saturated rings. The molecule has 0 spiro atoms. The number of benzene rings is 1. The van der Waals surface area contributed by atoms with Crippen molar-refractivity contribution in [2.45, 2.75) is 32.7 Å². The Balaban J connectivity index is 1.70. The molecule has 0 radical (unpaired) electrons. The number of phenols is 2. The average Bonchev–Trinajstić information content (AvgIpc) is 2.44. The highest BCUT2D eigenvalue weighted by atomic mass is 16.3. The Morgan fingerprint density at radius 1 is 1.20 bits per heavy atom. The van der Waals surface area contributed by atoms with Crippen LogP contribution in [-0.4, -0.2) is 41.3 Å². The van der Waals surface area contributed by atoms with Crippen molar-refractivity contribution in [1.29, 1.82) is 0 Å². The van der Waals surface area contributed by atoms with Gasteiger partial charge in [0.1, 0.15) is 0 Å². The van der Waals surface area contributed by atoms with Gasteiger partial charge < -0.3 is 20.4 Å². The predicted molar refractivity (Wildman–Crippen MR) is 80.9 cm³/mol. The molecule has 0 aromatic heterocycles. The van der Waals surface area contributed by atoms with E-state index in [4.69, 9.17) is 0 Å². The van der Waals surface area contributed by atoms with Crippen LogP contribution in [0.4, 0.5) is 0 Å². The van der Waals surface area contributed by atoms with Crippen molar-refractivity contribution in [1.82, 2.24) is 10.2 Å². The van der Waals surface area contributed by atoms with E-state index in [-0.39, 0.29) is 11.5 Å². The Morgan fingerprint density at radius 3 is 2.70 bits per heavy atom. The fourth-order valence-corrected chi connectivity index (χ4v) is 2.82. The Kier molecular flexibility index (Phi) is 5.68. The number of aromatic hydroxyl groups is 2. The summed E-state index contributed by atoms with van der Waals surface area (Å²) in [6.07, 6.45) is 4.04. The zero-order valence-electron chi connectivity index (χ0n) is 12.3. The second-order valence-electron chi connectivity index (χ2n) is 5.88. The lowest BCUT2D eigenvalue weighted by Crippen LogP contribution is -2.36. The Bertz CT molecular complexity index is 417. The molecular weight excluding hydrogens is 252 g/mol. The van der Waals surface area contributed by atoms with Gasteiger partial charge in [-0.05, 0) is 44.5 Å². The smallest absolute Gasteiger partial charge is 0.161 e. The van der Waals surface area contributed by atoms with Gasteiger partial charge in [0, 0.05) is 18.7 Å². The van der Waals surface area contributed by atoms with E-state index in [1.165, 1.54) is 38.4 Å². The summed E-state index contributed by atoms with van der Waals surface area (Å²) >= 11 is 0. The molecule has 1 aromatic carbocycles. The van der Waals surface area contributed by atoms with E-state index in [0.29, 0.717) is 12.5 Å². The molecule has 1 aliphatic heterocycles. The number of nitrogens with zero attached hydrogens (tertiary/aromatic N) is 1. The summed E-state index contributed by atoms with van der Waals surface area (Å²) < 4.78 is 0. The van der Waals surface area contributed by atoms with E-state index >= 15 is 0 Å². The predicted octanol–water partition coefficient (Wildman–Crippen LogP) is 2.31. The lowest BCUT2D eigenvalue weighted by atomic mass is 10.1. The van der Waals surface area contributed by atoms with E-state index in [1.807, 2.05) is 6.07 Å². The van der Waals surface area contributed by atoms with Crippen LogP contribution in [0.2, 0.25) is 0 Å². The van der Waals surface area contributed by atoms with Gasteiger partial charge in [-0.15, -0.1) is 0 Å². The quantitative estimate of drug-likeness (QED) is 0.699. The van der Waals surface area contributed by atoms with Crippen LogP contribution in [0, 0.1) is 5.92 Å². The summed E-state index contributed by atoms with van der Waals surface area (Å²) in [6.45, 7) is 7.37. The van der Waals surface area contributed by atoms with Crippen LogP contribution in [-0.2, 0) is 6.54 Å². The standard InChI is InChI=1S/C16H26N2O2/c1-13(12-18-8-3-2-4-9-18)10-17-11-14-6-5-7-15(19)16(14)20/h5-7,13,17,19-20H,2-4,8-12H2,1H3. The maximum atomic E-state index is 9.73. The number of hydrogen-bond donors (Lipinski definition) is 3. The van der Waals surface area contributed by atoms with Crippen molar-refractivity contribution in [3.05, 3.63) is 23.8 Å². The van der Waals surface area contributed by atoms with Crippen LogP contribution in [0.25, 0.3) is 0 Å². The van der Waals surface area contributed by atoms with Crippen LogP contribution >= 0.6 is 0 Å². The van der Waals surface area contributed by atoms with Crippen molar-refractivity contribution in [2.75, 3.05) is 26.2 Å². The van der Waals surface area contributed by atoms with Crippen LogP contribution in [0.1, 0.15) is 31.7 Å². The molecule has 2 rings (SSSR count). The Labute approximate surface area is 121 Å². The first kappa shape index (κ1) is 15.1. The summed E-state index contributed by atoms with van der Waals surface area (Å²) in [5, 5.41) is 22.5. The van der Waals surface area contributed by atoms with Crippen molar-refractivity contribution in [3.63, 3.8) is 0 Å². The highest BCUT2D eigenvalue weighted by Gasteiger charge is 2.13. The number of likely N-dealkylation sites (tertiary alicyclic amines) is 1. The minimum atomic E-state index is -0.0503. The zero-order chi connectivity index (χ0) is 14.4. The van der Waals surface area contributed by atoms with Crippen molar-refractivity contribution < 1.29 is 10.2 Å². The monoisotopic (exact) mass is 278 g/mol. The molecule has 20 heavy (non-hydrogen) atoms. The third kappa shape index (κ3) is 4.39. The molecule has 4 nitrogen and oxygen atoms in total. The number of rotatable bonds is 6. The lowest BCUT2D eigenvalue weighted by molar-refractivity contribution is 0.199. The topological polar surface area (TPSA) is 55.7 Å². The molecule has 4 heteroatoms. The summed E-state index contributed by atoms with van der Waals surface area (Å²) in [6, 6.07) is 5.08. The number of hydrogen-bond acceptors (Lipinski definition) is 4. The van der Waals surface area contributed by atoms with E-state index in [0.717, 1.165) is 18.7 Å². The van der Waals surface area contributed by atoms with Gasteiger partial charge in [0.15, 0.2) is 11.5 Å². The Hall–Kier alpha value is -1.26. The molecule has 1 unspecified atom stereocenters. The third-order valence-electron chi connectivity index (χ3n) is 3.93. The Morgan fingerprint density at radius 2 is 1.95 bits per heavy atom. The molecule has 1 aromatic rings. The van der Waals surface area contributed by atoms with Gasteiger partial charge in [-0.3, -0.25) is 0 Å². The number of phenolic OH excluding ortho intramolecular Hbond substituents is 2. The normalized spacial score (nSPS) is 18.1. The van der Waals surface area contributed by atoms with Crippen molar-refractivity contribution >= 4 is 0 Å². The fraction of sp³-hybridized carbons (Fsp3) is 0.625. The highest BCUT2D eigenvalue weighted by molar-refractivity contribution is 5.44. The van der Waals surface area contributed by atoms with E-state index in [2.05, 4.69) is 17.1 Å². The molecule has 0 aliphatic carbocycles. The molecule has 112 valence electrons. The first-order valence-corrected chi connectivity index (χ1v) is 7.59. The second-order valence-corrected chi connectivity index (χ2v) is 5.88. The lowest BCUT2D eigenvalue weighted by Gasteiger charge is -2.29. The average molecular weight is 278 g/mol. The molecule has 1 atom stereocenters. The number of para-hydroxylation sites is 1. The maximum Gasteiger partial charge on any atom is 0.161 e. The molecule has 0 bridgehead atoms. The molecular formula is C16H26N2O2. The van der Waals surface area contributed by atoms with Crippen molar-refractivity contribution in [3.8, 4) is 11.5 Å². The van der Waals surface area contributed by atoms with Gasteiger partial charge in [-0.1, -0.05) is 25.5 Å². The van der Waals surface area contributed by atoms with E-state index in [9.17, 15) is 10.2 Å². The van der Waals surface area contributed by atoms with Gasteiger partial charge in [-0.2, -0.15) is 0 Å². The van der Waals surface area contributed by atoms with Gasteiger partial charge >= 0.3 is 0 Å². The van der Waals surface area contributed by atoms with Crippen molar-refractivity contribution in [2.24, 2.45) is 5.92 Å². The summed E-state index contributed by atoms with van der Waals surface area (Å²) in [5.74, 6) is 0.530. The maximum absolute atomic E-state index is 9.73. The summed E-state index contributed by atoms with van der Waals surface area (Å²) in [4.78, 5) is 2.54. The highest BCUT2D eigenvalue weighted by Crippen LogP contribution is 2.27. The molecule has 0 amide bonds. The first-order valence-electron chi connectivity index (χ1n) is 7.59. The van der Waals surface area contributed by atoms with E-state index in [1.54, 1.807) is 6.07 Å². The summed E-state index contributed by atoms with van der Waals surface area (Å²) in [5.41, 5.74) is 0.746. The number of nitrogens with one attached hydrogen (secondary N) is 1. The second kappa shape index (κ2) is 7.50. The minimum Gasteiger partial charge on any atom is -0.504 e. The molecule has 1 aliphatic rings. The molecule has 3 N–H and O–H groups in total. The van der Waals surface area contributed by atoms with Crippen LogP contribution in [0.5, 0.6) is 11.5 Å². The van der Waals surface area contributed by atoms with Crippen LogP contribution in [0.15, 0.2) is 18.2 Å². The zero-order valence-corrected chi connectivity index (χ0v) is 12.3. The fourth-order valence-electron chi connectivity index (χ4n) is 2.82. The van der Waals surface area contributed by atoms with Gasteiger partial charge in [0.05, 0.1) is 0 Å². The molecule has 1 heterocycles. The van der Waals surface area contributed by atoms with Gasteiger partial charge in [0.25, 0.3) is 0 Å². The third-order valence-corrected chi connectivity index (χ3v) is 3.93. The van der Waals surface area contributed by atoms with Gasteiger partial charge in [-0.25, -0.2) is 0 Å². The summed E-state index contributed by atoms with van der Waals surface area (Å²) in [7, 11) is 0. The van der Waals surface area contributed by atoms with Crippen LogP contribution < -0.4 is 5.32 Å². The van der Waals surface area contributed by atoms with Gasteiger partial charge in [0.2, 0.25) is 0 Å². The SMILES string of the molecule is CC(CNCc1cccc(O)c1O)CN1CCCCC1. The molecule has 0 saturated carbocycles. The minimum absolute atomic E-state index is 0.0105. The largest absolute Gasteiger partial charge is 0.504 e. The first-order chi connectivity index (χ1) is 9.66. The molecule has 1 saturated heterocycles.